The van der Waals surface area contributed by atoms with Crippen LogP contribution in [0.1, 0.15) is 35.2 Å². The molecule has 3 N–H and O–H groups in total. The fraction of sp³-hybridized carbons (Fsp3) is 0.182. The molecule has 4 aromatic rings. The van der Waals surface area contributed by atoms with Crippen LogP contribution in [0, 0.1) is 5.82 Å². The second-order valence-electron chi connectivity index (χ2n) is 6.94. The van der Waals surface area contributed by atoms with Gasteiger partial charge in [0.2, 0.25) is 5.75 Å². The van der Waals surface area contributed by atoms with E-state index in [-0.39, 0.29) is 27.5 Å². The van der Waals surface area contributed by atoms with Crippen LogP contribution in [0.2, 0.25) is 10.0 Å². The zero-order valence-corrected chi connectivity index (χ0v) is 19.4. The number of amides is 1. The lowest BCUT2D eigenvalue weighted by Gasteiger charge is -2.18. The fourth-order valence-corrected chi connectivity index (χ4v) is 4.81. The highest BCUT2D eigenvalue weighted by Gasteiger charge is 2.23. The van der Waals surface area contributed by atoms with Crippen molar-refractivity contribution in [2.45, 2.75) is 20.0 Å². The molecule has 0 saturated heterocycles. The Bertz CT molecular complexity index is 1320. The SMILES string of the molecule is CCNC(=O)c1cc(-c2coc3c(OC(C)c4c(Cl)ccc(F)c4Cl)c(N)ncc23)cs1. The van der Waals surface area contributed by atoms with Crippen molar-refractivity contribution in [3.63, 3.8) is 0 Å². The number of fused-ring (bicyclic) bond motifs is 1. The number of halogens is 3. The number of pyridine rings is 1. The molecule has 1 atom stereocenters. The molecule has 3 heterocycles. The Morgan fingerprint density at radius 3 is 2.94 bits per heavy atom. The lowest BCUT2D eigenvalue weighted by Crippen LogP contribution is -2.21. The molecule has 3 aromatic heterocycles. The average molecular weight is 494 g/mol. The van der Waals surface area contributed by atoms with E-state index in [1.165, 1.54) is 23.5 Å². The molecule has 32 heavy (non-hydrogen) atoms. The largest absolute Gasteiger partial charge is 0.478 e. The van der Waals surface area contributed by atoms with Crippen molar-refractivity contribution in [3.8, 4) is 16.9 Å². The third-order valence-electron chi connectivity index (χ3n) is 4.85. The molecule has 0 saturated carbocycles. The number of rotatable bonds is 6. The van der Waals surface area contributed by atoms with Gasteiger partial charge < -0.3 is 20.2 Å². The number of nitrogen functional groups attached to an aromatic ring is 1. The molecule has 0 bridgehead atoms. The molecule has 1 aromatic carbocycles. The van der Waals surface area contributed by atoms with Crippen LogP contribution in [0.15, 0.2) is 40.5 Å². The first-order valence-corrected chi connectivity index (χ1v) is 11.3. The van der Waals surface area contributed by atoms with E-state index in [2.05, 4.69) is 10.3 Å². The molecule has 0 spiro atoms. The highest BCUT2D eigenvalue weighted by molar-refractivity contribution is 7.12. The van der Waals surface area contributed by atoms with Gasteiger partial charge >= 0.3 is 0 Å². The standard InChI is InChI=1S/C22H18Cl2FN3O3S/c1-3-27-22(29)16-6-11(9-32-16)13-8-30-19-12(13)7-28-21(26)20(19)31-10(2)17-14(23)4-5-15(25)18(17)24/h4-10H,3H2,1-2H3,(H2,26,28)(H,27,29). The summed E-state index contributed by atoms with van der Waals surface area (Å²) in [5, 5.41) is 5.43. The van der Waals surface area contributed by atoms with Gasteiger partial charge in [0, 0.05) is 28.9 Å². The summed E-state index contributed by atoms with van der Waals surface area (Å²) in [6, 6.07) is 4.38. The lowest BCUT2D eigenvalue weighted by molar-refractivity contribution is 0.0960. The minimum absolute atomic E-state index is 0.0993. The monoisotopic (exact) mass is 493 g/mol. The first-order valence-electron chi connectivity index (χ1n) is 9.64. The van der Waals surface area contributed by atoms with Gasteiger partial charge in [-0.1, -0.05) is 23.2 Å². The molecule has 1 amide bonds. The number of aromatic nitrogens is 1. The average Bonchev–Trinajstić information content (AvgIpc) is 3.40. The summed E-state index contributed by atoms with van der Waals surface area (Å²) < 4.78 is 25.7. The Morgan fingerprint density at radius 2 is 2.19 bits per heavy atom. The Labute approximate surface area is 197 Å². The van der Waals surface area contributed by atoms with Gasteiger partial charge in [-0.15, -0.1) is 11.3 Å². The van der Waals surface area contributed by atoms with Crippen molar-refractivity contribution < 1.29 is 18.3 Å². The second-order valence-corrected chi connectivity index (χ2v) is 8.64. The summed E-state index contributed by atoms with van der Waals surface area (Å²) in [6.07, 6.45) is 2.39. The van der Waals surface area contributed by atoms with Crippen LogP contribution >= 0.6 is 34.5 Å². The summed E-state index contributed by atoms with van der Waals surface area (Å²) in [7, 11) is 0. The van der Waals surface area contributed by atoms with Gasteiger partial charge in [-0.2, -0.15) is 0 Å². The number of carbonyl (C=O) groups excluding carboxylic acids is 1. The number of furan rings is 1. The van der Waals surface area contributed by atoms with Crippen LogP contribution in [0.4, 0.5) is 10.2 Å². The molecule has 166 valence electrons. The third kappa shape index (κ3) is 4.01. The minimum Gasteiger partial charge on any atom is -0.478 e. The number of hydrogen-bond donors (Lipinski definition) is 2. The number of benzene rings is 1. The predicted molar refractivity (Wildman–Crippen MR) is 125 cm³/mol. The van der Waals surface area contributed by atoms with Crippen LogP contribution < -0.4 is 15.8 Å². The van der Waals surface area contributed by atoms with Crippen LogP contribution in [0.3, 0.4) is 0 Å². The van der Waals surface area contributed by atoms with E-state index in [1.54, 1.807) is 25.5 Å². The second kappa shape index (κ2) is 8.97. The Balaban J connectivity index is 1.72. The number of ether oxygens (including phenoxy) is 1. The first-order chi connectivity index (χ1) is 15.3. The Morgan fingerprint density at radius 1 is 1.41 bits per heavy atom. The van der Waals surface area contributed by atoms with E-state index in [4.69, 9.17) is 38.1 Å². The minimum atomic E-state index is -0.737. The number of thiophene rings is 1. The van der Waals surface area contributed by atoms with Crippen LogP contribution in [-0.2, 0) is 0 Å². The van der Waals surface area contributed by atoms with Crippen molar-refractivity contribution in [2.24, 2.45) is 0 Å². The normalized spacial score (nSPS) is 12.2. The lowest BCUT2D eigenvalue weighted by atomic mass is 10.1. The maximum atomic E-state index is 14.0. The molecule has 0 fully saturated rings. The highest BCUT2D eigenvalue weighted by atomic mass is 35.5. The number of hydrogen-bond acceptors (Lipinski definition) is 6. The van der Waals surface area contributed by atoms with E-state index in [9.17, 15) is 9.18 Å². The van der Waals surface area contributed by atoms with E-state index in [0.717, 1.165) is 11.1 Å². The fourth-order valence-electron chi connectivity index (χ4n) is 3.31. The van der Waals surface area contributed by atoms with Gasteiger partial charge in [0.25, 0.3) is 5.91 Å². The molecule has 6 nitrogen and oxygen atoms in total. The molecule has 10 heteroatoms. The maximum Gasteiger partial charge on any atom is 0.261 e. The molecular weight excluding hydrogens is 476 g/mol. The number of carbonyl (C=O) groups is 1. The highest BCUT2D eigenvalue weighted by Crippen LogP contribution is 2.42. The van der Waals surface area contributed by atoms with Crippen molar-refractivity contribution in [2.75, 3.05) is 12.3 Å². The van der Waals surface area contributed by atoms with Crippen molar-refractivity contribution >= 4 is 57.2 Å². The van der Waals surface area contributed by atoms with Crippen LogP contribution in [-0.4, -0.2) is 17.4 Å². The molecule has 4 rings (SSSR count). The van der Waals surface area contributed by atoms with Gasteiger partial charge in [0.05, 0.1) is 21.5 Å². The van der Waals surface area contributed by atoms with E-state index in [1.807, 2.05) is 12.3 Å². The summed E-state index contributed by atoms with van der Waals surface area (Å²) in [5.74, 6) is -0.453. The van der Waals surface area contributed by atoms with Crippen LogP contribution in [0.25, 0.3) is 22.1 Å². The van der Waals surface area contributed by atoms with Gasteiger partial charge in [-0.25, -0.2) is 9.37 Å². The molecular formula is C22H18Cl2FN3O3S. The van der Waals surface area contributed by atoms with Gasteiger partial charge in [-0.05, 0) is 43.0 Å². The topological polar surface area (TPSA) is 90.4 Å². The third-order valence-corrected chi connectivity index (χ3v) is 6.50. The number of nitrogens with two attached hydrogens (primary N) is 1. The van der Waals surface area contributed by atoms with E-state index >= 15 is 0 Å². The van der Waals surface area contributed by atoms with Gasteiger partial charge in [0.1, 0.15) is 11.9 Å². The van der Waals surface area contributed by atoms with Gasteiger partial charge in [-0.3, -0.25) is 4.79 Å². The summed E-state index contributed by atoms with van der Waals surface area (Å²) in [6.45, 7) is 4.08. The predicted octanol–water partition coefficient (Wildman–Crippen LogP) is 6.47. The van der Waals surface area contributed by atoms with Crippen molar-refractivity contribution in [1.82, 2.24) is 10.3 Å². The molecule has 0 aliphatic heterocycles. The molecule has 0 aliphatic rings. The van der Waals surface area contributed by atoms with Crippen molar-refractivity contribution in [1.29, 1.82) is 0 Å². The van der Waals surface area contributed by atoms with Gasteiger partial charge in [0.15, 0.2) is 11.4 Å². The zero-order valence-electron chi connectivity index (χ0n) is 17.0. The summed E-state index contributed by atoms with van der Waals surface area (Å²) in [5.41, 5.74) is 8.26. The Hall–Kier alpha value is -2.81. The van der Waals surface area contributed by atoms with E-state index < -0.39 is 11.9 Å². The molecule has 0 radical (unpaired) electrons. The number of anilines is 1. The maximum absolute atomic E-state index is 14.0. The smallest absolute Gasteiger partial charge is 0.261 e. The first kappa shape index (κ1) is 22.4. The van der Waals surface area contributed by atoms with E-state index in [0.29, 0.717) is 28.0 Å². The summed E-state index contributed by atoms with van der Waals surface area (Å²) in [4.78, 5) is 16.9. The van der Waals surface area contributed by atoms with Crippen LogP contribution in [0.5, 0.6) is 5.75 Å². The quantitative estimate of drug-likeness (QED) is 0.300. The Kier molecular flexibility index (Phi) is 6.28. The number of nitrogens with one attached hydrogen (secondary N) is 1. The number of nitrogens with zero attached hydrogens (tertiary/aromatic N) is 1. The summed E-state index contributed by atoms with van der Waals surface area (Å²) >= 11 is 13.7. The molecule has 1 unspecified atom stereocenters. The zero-order chi connectivity index (χ0) is 23.0. The van der Waals surface area contributed by atoms with Crippen molar-refractivity contribution in [3.05, 3.63) is 62.3 Å². The molecule has 0 aliphatic carbocycles.